The van der Waals surface area contributed by atoms with Gasteiger partial charge in [-0.05, 0) is 17.9 Å². The van der Waals surface area contributed by atoms with Crippen molar-refractivity contribution in [1.29, 1.82) is 0 Å². The van der Waals surface area contributed by atoms with Gasteiger partial charge in [0.1, 0.15) is 5.60 Å². The first-order chi connectivity index (χ1) is 8.21. The number of nitrogens with one attached hydrogen (secondary N) is 1. The van der Waals surface area contributed by atoms with E-state index < -0.39 is 5.60 Å². The third kappa shape index (κ3) is 4.88. The van der Waals surface area contributed by atoms with E-state index in [-0.39, 0.29) is 17.9 Å². The summed E-state index contributed by atoms with van der Waals surface area (Å²) in [5.74, 6) is -0.0290. The van der Waals surface area contributed by atoms with Crippen molar-refractivity contribution < 1.29 is 9.90 Å². The van der Waals surface area contributed by atoms with Crippen LogP contribution in [0.3, 0.4) is 0 Å². The fourth-order valence-corrected chi connectivity index (χ4v) is 1.71. The molecule has 1 rings (SSSR count). The standard InChI is InChI=1S/C15H23NO2/c1-14(2,3)10-13(17)16-11-15(4,18)12-8-6-5-7-9-12/h5-9,18H,10-11H2,1-4H3,(H,16,17)/t15-/m0/s1. The first-order valence-electron chi connectivity index (χ1n) is 6.25. The van der Waals surface area contributed by atoms with Crippen LogP contribution in [-0.2, 0) is 10.4 Å². The molecule has 0 saturated heterocycles. The molecule has 0 saturated carbocycles. The van der Waals surface area contributed by atoms with E-state index in [9.17, 15) is 9.90 Å². The second-order valence-corrected chi connectivity index (χ2v) is 6.15. The second-order valence-electron chi connectivity index (χ2n) is 6.15. The quantitative estimate of drug-likeness (QED) is 0.861. The molecule has 100 valence electrons. The Hall–Kier alpha value is -1.35. The van der Waals surface area contributed by atoms with Crippen LogP contribution in [0.5, 0.6) is 0 Å². The molecule has 18 heavy (non-hydrogen) atoms. The Morgan fingerprint density at radius 1 is 1.17 bits per heavy atom. The fourth-order valence-electron chi connectivity index (χ4n) is 1.71. The average Bonchev–Trinajstić information content (AvgIpc) is 2.26. The molecule has 3 nitrogen and oxygen atoms in total. The van der Waals surface area contributed by atoms with Crippen LogP contribution in [0, 0.1) is 5.41 Å². The van der Waals surface area contributed by atoms with Crippen LogP contribution in [0.2, 0.25) is 0 Å². The minimum Gasteiger partial charge on any atom is -0.384 e. The van der Waals surface area contributed by atoms with Crippen LogP contribution in [0.1, 0.15) is 39.7 Å². The van der Waals surface area contributed by atoms with E-state index in [2.05, 4.69) is 5.32 Å². The summed E-state index contributed by atoms with van der Waals surface area (Å²) in [6.45, 7) is 7.98. The molecule has 1 aromatic carbocycles. The van der Waals surface area contributed by atoms with Crippen molar-refractivity contribution in [1.82, 2.24) is 5.32 Å². The van der Waals surface area contributed by atoms with E-state index in [1.807, 2.05) is 51.1 Å². The highest BCUT2D eigenvalue weighted by Gasteiger charge is 2.24. The van der Waals surface area contributed by atoms with Crippen LogP contribution < -0.4 is 5.32 Å². The summed E-state index contributed by atoms with van der Waals surface area (Å²) < 4.78 is 0. The Labute approximate surface area is 109 Å². The molecule has 1 aromatic rings. The van der Waals surface area contributed by atoms with Gasteiger partial charge in [-0.2, -0.15) is 0 Å². The van der Waals surface area contributed by atoms with Gasteiger partial charge in [-0.15, -0.1) is 0 Å². The zero-order chi connectivity index (χ0) is 13.8. The third-order valence-corrected chi connectivity index (χ3v) is 2.72. The lowest BCUT2D eigenvalue weighted by Crippen LogP contribution is -2.39. The Bertz CT molecular complexity index is 391. The summed E-state index contributed by atoms with van der Waals surface area (Å²) in [5, 5.41) is 13.1. The predicted octanol–water partition coefficient (Wildman–Crippen LogP) is 2.45. The predicted molar refractivity (Wildman–Crippen MR) is 73.1 cm³/mol. The Balaban J connectivity index is 2.55. The smallest absolute Gasteiger partial charge is 0.220 e. The maximum Gasteiger partial charge on any atom is 0.220 e. The number of hydrogen-bond acceptors (Lipinski definition) is 2. The molecule has 0 aliphatic heterocycles. The fraction of sp³-hybridized carbons (Fsp3) is 0.533. The molecule has 0 aromatic heterocycles. The Kier molecular flexibility index (Phi) is 4.52. The molecule has 0 heterocycles. The van der Waals surface area contributed by atoms with Crippen LogP contribution >= 0.6 is 0 Å². The zero-order valence-electron chi connectivity index (χ0n) is 11.7. The molecule has 0 radical (unpaired) electrons. The third-order valence-electron chi connectivity index (χ3n) is 2.72. The lowest BCUT2D eigenvalue weighted by atomic mass is 9.91. The molecule has 0 bridgehead atoms. The molecule has 0 fully saturated rings. The topological polar surface area (TPSA) is 49.3 Å². The summed E-state index contributed by atoms with van der Waals surface area (Å²) >= 11 is 0. The van der Waals surface area contributed by atoms with Gasteiger partial charge in [-0.1, -0.05) is 51.1 Å². The van der Waals surface area contributed by atoms with Gasteiger partial charge in [0.15, 0.2) is 0 Å². The van der Waals surface area contributed by atoms with Gasteiger partial charge in [-0.25, -0.2) is 0 Å². The van der Waals surface area contributed by atoms with Gasteiger partial charge in [-0.3, -0.25) is 4.79 Å². The van der Waals surface area contributed by atoms with Gasteiger partial charge in [0.25, 0.3) is 0 Å². The van der Waals surface area contributed by atoms with Crippen LogP contribution in [0.25, 0.3) is 0 Å². The highest BCUT2D eigenvalue weighted by molar-refractivity contribution is 5.76. The number of hydrogen-bond donors (Lipinski definition) is 2. The van der Waals surface area contributed by atoms with Crippen molar-refractivity contribution >= 4 is 5.91 Å². The lowest BCUT2D eigenvalue weighted by Gasteiger charge is -2.25. The first-order valence-corrected chi connectivity index (χ1v) is 6.25. The summed E-state index contributed by atoms with van der Waals surface area (Å²) in [5.41, 5.74) is -0.265. The van der Waals surface area contributed by atoms with E-state index in [4.69, 9.17) is 0 Å². The highest BCUT2D eigenvalue weighted by Crippen LogP contribution is 2.20. The van der Waals surface area contributed by atoms with Crippen LogP contribution in [-0.4, -0.2) is 17.6 Å². The van der Waals surface area contributed by atoms with Gasteiger partial charge in [0.05, 0.1) is 6.54 Å². The van der Waals surface area contributed by atoms with Gasteiger partial charge >= 0.3 is 0 Å². The molecular formula is C15H23NO2. The van der Waals surface area contributed by atoms with E-state index >= 15 is 0 Å². The monoisotopic (exact) mass is 249 g/mol. The number of carbonyl (C=O) groups excluding carboxylic acids is 1. The minimum atomic E-state index is -1.03. The molecule has 0 spiro atoms. The molecule has 1 amide bonds. The number of aliphatic hydroxyl groups is 1. The Morgan fingerprint density at radius 3 is 2.22 bits per heavy atom. The summed E-state index contributed by atoms with van der Waals surface area (Å²) in [6, 6.07) is 9.37. The number of rotatable bonds is 4. The van der Waals surface area contributed by atoms with Crippen molar-refractivity contribution in [3.05, 3.63) is 35.9 Å². The number of benzene rings is 1. The van der Waals surface area contributed by atoms with Gasteiger partial charge in [0.2, 0.25) is 5.91 Å². The van der Waals surface area contributed by atoms with Gasteiger partial charge in [0, 0.05) is 6.42 Å². The number of amides is 1. The maximum absolute atomic E-state index is 11.7. The molecule has 3 heteroatoms. The zero-order valence-corrected chi connectivity index (χ0v) is 11.7. The van der Waals surface area contributed by atoms with E-state index in [0.29, 0.717) is 6.42 Å². The van der Waals surface area contributed by atoms with Crippen molar-refractivity contribution in [2.45, 2.75) is 39.7 Å². The largest absolute Gasteiger partial charge is 0.384 e. The number of carbonyl (C=O) groups is 1. The molecular weight excluding hydrogens is 226 g/mol. The molecule has 0 aliphatic carbocycles. The van der Waals surface area contributed by atoms with Crippen LogP contribution in [0.15, 0.2) is 30.3 Å². The van der Waals surface area contributed by atoms with E-state index in [0.717, 1.165) is 5.56 Å². The van der Waals surface area contributed by atoms with Crippen molar-refractivity contribution in [2.75, 3.05) is 6.54 Å². The summed E-state index contributed by atoms with van der Waals surface area (Å²) in [4.78, 5) is 11.7. The lowest BCUT2D eigenvalue weighted by molar-refractivity contribution is -0.124. The van der Waals surface area contributed by atoms with Gasteiger partial charge < -0.3 is 10.4 Å². The van der Waals surface area contributed by atoms with Crippen molar-refractivity contribution in [3.8, 4) is 0 Å². The molecule has 0 aliphatic rings. The molecule has 1 atom stereocenters. The minimum absolute atomic E-state index is 0.0290. The maximum atomic E-state index is 11.7. The Morgan fingerprint density at radius 2 is 1.72 bits per heavy atom. The average molecular weight is 249 g/mol. The SMILES string of the molecule is CC(C)(C)CC(=O)NC[C@](C)(O)c1ccccc1. The summed E-state index contributed by atoms with van der Waals surface area (Å²) in [6.07, 6.45) is 0.456. The van der Waals surface area contributed by atoms with Crippen molar-refractivity contribution in [3.63, 3.8) is 0 Å². The molecule has 0 unspecified atom stereocenters. The molecule has 2 N–H and O–H groups in total. The van der Waals surface area contributed by atoms with E-state index in [1.165, 1.54) is 0 Å². The normalized spacial score (nSPS) is 14.9. The van der Waals surface area contributed by atoms with Crippen molar-refractivity contribution in [2.24, 2.45) is 5.41 Å². The van der Waals surface area contributed by atoms with E-state index in [1.54, 1.807) is 6.92 Å². The highest BCUT2D eigenvalue weighted by atomic mass is 16.3. The summed E-state index contributed by atoms with van der Waals surface area (Å²) in [7, 11) is 0. The second kappa shape index (κ2) is 5.53. The first kappa shape index (κ1) is 14.7. The van der Waals surface area contributed by atoms with Crippen LogP contribution in [0.4, 0.5) is 0 Å².